The second-order valence-electron chi connectivity index (χ2n) is 3.53. The van der Waals surface area contributed by atoms with Crippen LogP contribution in [0.5, 0.6) is 0 Å². The molecule has 0 spiro atoms. The van der Waals surface area contributed by atoms with E-state index < -0.39 is 9.84 Å². The van der Waals surface area contributed by atoms with E-state index in [1.807, 2.05) is 0 Å². The van der Waals surface area contributed by atoms with Crippen LogP contribution >= 0.6 is 23.2 Å². The second kappa shape index (κ2) is 4.28. The highest BCUT2D eigenvalue weighted by Gasteiger charge is 2.21. The number of hydrogen-bond donors (Lipinski definition) is 1. The molecular formula is C10H9Cl2NO2S. The van der Waals surface area contributed by atoms with E-state index in [0.717, 1.165) is 0 Å². The Morgan fingerprint density at radius 2 is 2.06 bits per heavy atom. The summed E-state index contributed by atoms with van der Waals surface area (Å²) >= 11 is 11.7. The van der Waals surface area contributed by atoms with Crippen LogP contribution in [0.15, 0.2) is 29.7 Å². The smallest absolute Gasteiger partial charge is 0.173 e. The van der Waals surface area contributed by atoms with E-state index in [4.69, 9.17) is 23.2 Å². The van der Waals surface area contributed by atoms with Gasteiger partial charge in [0, 0.05) is 10.4 Å². The predicted octanol–water partition coefficient (Wildman–Crippen LogP) is 2.72. The number of rotatable bonds is 2. The van der Waals surface area contributed by atoms with E-state index in [2.05, 4.69) is 5.32 Å². The fourth-order valence-electron chi connectivity index (χ4n) is 1.47. The summed E-state index contributed by atoms with van der Waals surface area (Å²) in [7, 11) is -3.05. The molecule has 0 aliphatic carbocycles. The van der Waals surface area contributed by atoms with Gasteiger partial charge in [0.25, 0.3) is 0 Å². The minimum absolute atomic E-state index is 0.0615. The van der Waals surface area contributed by atoms with Crippen LogP contribution in [0.1, 0.15) is 0 Å². The fourth-order valence-corrected chi connectivity index (χ4v) is 3.17. The van der Waals surface area contributed by atoms with E-state index in [-0.39, 0.29) is 11.8 Å². The van der Waals surface area contributed by atoms with Gasteiger partial charge in [0.2, 0.25) is 0 Å². The van der Waals surface area contributed by atoms with Crippen molar-refractivity contribution in [1.82, 2.24) is 0 Å². The van der Waals surface area contributed by atoms with Gasteiger partial charge in [0.05, 0.1) is 22.5 Å². The summed E-state index contributed by atoms with van der Waals surface area (Å²) in [6.07, 6.45) is 1.61. The molecule has 1 aromatic rings. The Balaban J connectivity index is 2.14. The maximum Gasteiger partial charge on any atom is 0.173 e. The first-order valence-corrected chi connectivity index (χ1v) is 7.06. The Morgan fingerprint density at radius 1 is 1.31 bits per heavy atom. The summed E-state index contributed by atoms with van der Waals surface area (Å²) in [4.78, 5) is 0. The lowest BCUT2D eigenvalue weighted by Gasteiger charge is -2.12. The summed E-state index contributed by atoms with van der Waals surface area (Å²) in [6.45, 7) is 0. The van der Waals surface area contributed by atoms with E-state index in [0.29, 0.717) is 15.7 Å². The van der Waals surface area contributed by atoms with E-state index in [1.165, 1.54) is 5.41 Å². The third kappa shape index (κ3) is 2.70. The number of anilines is 1. The van der Waals surface area contributed by atoms with E-state index >= 15 is 0 Å². The van der Waals surface area contributed by atoms with Crippen LogP contribution < -0.4 is 5.32 Å². The number of benzene rings is 1. The number of halogens is 2. The van der Waals surface area contributed by atoms with Crippen LogP contribution in [-0.2, 0) is 9.84 Å². The first-order valence-electron chi connectivity index (χ1n) is 4.59. The van der Waals surface area contributed by atoms with Gasteiger partial charge >= 0.3 is 0 Å². The summed E-state index contributed by atoms with van der Waals surface area (Å²) in [6, 6.07) is 4.80. The van der Waals surface area contributed by atoms with Gasteiger partial charge in [-0.15, -0.1) is 0 Å². The lowest BCUT2D eigenvalue weighted by atomic mass is 10.2. The first-order chi connectivity index (χ1) is 7.46. The number of sulfone groups is 1. The molecule has 2 rings (SSSR count). The summed E-state index contributed by atoms with van der Waals surface area (Å²) < 4.78 is 22.4. The van der Waals surface area contributed by atoms with Gasteiger partial charge in [-0.05, 0) is 18.2 Å². The molecule has 0 bridgehead atoms. The Morgan fingerprint density at radius 3 is 2.62 bits per heavy atom. The fraction of sp³-hybridized carbons (Fsp3) is 0.200. The van der Waals surface area contributed by atoms with Crippen LogP contribution in [0.3, 0.4) is 0 Å². The molecule has 86 valence electrons. The van der Waals surface area contributed by atoms with Crippen molar-refractivity contribution in [2.24, 2.45) is 0 Å². The van der Waals surface area contributed by atoms with E-state index in [9.17, 15) is 8.42 Å². The van der Waals surface area contributed by atoms with Gasteiger partial charge < -0.3 is 5.32 Å². The molecule has 0 saturated carbocycles. The quantitative estimate of drug-likeness (QED) is 0.904. The average Bonchev–Trinajstić information content (AvgIpc) is 2.51. The van der Waals surface area contributed by atoms with Crippen molar-refractivity contribution in [2.45, 2.75) is 6.04 Å². The van der Waals surface area contributed by atoms with Gasteiger partial charge in [-0.1, -0.05) is 29.3 Å². The van der Waals surface area contributed by atoms with Crippen LogP contribution in [-0.4, -0.2) is 20.2 Å². The van der Waals surface area contributed by atoms with Crippen molar-refractivity contribution >= 4 is 38.7 Å². The lowest BCUT2D eigenvalue weighted by Crippen LogP contribution is -2.20. The molecule has 1 unspecified atom stereocenters. The zero-order chi connectivity index (χ0) is 11.8. The first kappa shape index (κ1) is 11.8. The van der Waals surface area contributed by atoms with E-state index in [1.54, 1.807) is 24.3 Å². The molecule has 0 aromatic heterocycles. The molecule has 1 heterocycles. The molecule has 3 nitrogen and oxygen atoms in total. The van der Waals surface area contributed by atoms with Crippen molar-refractivity contribution in [3.8, 4) is 0 Å². The Hall–Kier alpha value is -0.710. The number of nitrogens with one attached hydrogen (secondary N) is 1. The highest BCUT2D eigenvalue weighted by atomic mass is 35.5. The zero-order valence-electron chi connectivity index (χ0n) is 8.15. The molecule has 0 fully saturated rings. The minimum Gasteiger partial charge on any atom is -0.377 e. The average molecular weight is 278 g/mol. The molecular weight excluding hydrogens is 269 g/mol. The van der Waals surface area contributed by atoms with Gasteiger partial charge in [0.15, 0.2) is 9.84 Å². The highest BCUT2D eigenvalue weighted by molar-refractivity contribution is 7.94. The molecule has 1 atom stereocenters. The standard InChI is InChI=1S/C10H9Cl2NO2S/c11-7-1-2-10(9(12)5-7)13-8-3-4-16(14,15)6-8/h1-5,8,13H,6H2. The monoisotopic (exact) mass is 277 g/mol. The molecule has 0 amide bonds. The van der Waals surface area contributed by atoms with Crippen molar-refractivity contribution < 1.29 is 8.42 Å². The third-order valence-corrected chi connectivity index (χ3v) is 4.15. The second-order valence-corrected chi connectivity index (χ2v) is 6.31. The maximum absolute atomic E-state index is 11.2. The third-order valence-electron chi connectivity index (χ3n) is 2.20. The van der Waals surface area contributed by atoms with Gasteiger partial charge in [-0.2, -0.15) is 0 Å². The molecule has 16 heavy (non-hydrogen) atoms. The Bertz CT molecular complexity index is 540. The summed E-state index contributed by atoms with van der Waals surface area (Å²) in [5, 5.41) is 5.28. The Labute approximate surface area is 104 Å². The zero-order valence-corrected chi connectivity index (χ0v) is 10.5. The minimum atomic E-state index is -3.05. The van der Waals surface area contributed by atoms with Crippen LogP contribution in [0, 0.1) is 0 Å². The molecule has 1 aliphatic heterocycles. The molecule has 0 saturated heterocycles. The van der Waals surface area contributed by atoms with Gasteiger partial charge in [-0.3, -0.25) is 0 Å². The molecule has 1 aliphatic rings. The van der Waals surface area contributed by atoms with Crippen molar-refractivity contribution in [3.05, 3.63) is 39.7 Å². The molecule has 6 heteroatoms. The molecule has 1 N–H and O–H groups in total. The topological polar surface area (TPSA) is 46.2 Å². The van der Waals surface area contributed by atoms with Crippen LogP contribution in [0.4, 0.5) is 5.69 Å². The van der Waals surface area contributed by atoms with Gasteiger partial charge in [0.1, 0.15) is 0 Å². The maximum atomic E-state index is 11.2. The normalized spacial score (nSPS) is 22.2. The van der Waals surface area contributed by atoms with Gasteiger partial charge in [-0.25, -0.2) is 8.42 Å². The SMILES string of the molecule is O=S1(=O)C=CC(Nc2ccc(Cl)cc2Cl)C1. The molecule has 0 radical (unpaired) electrons. The largest absolute Gasteiger partial charge is 0.377 e. The predicted molar refractivity (Wildman–Crippen MR) is 66.8 cm³/mol. The number of hydrogen-bond acceptors (Lipinski definition) is 3. The van der Waals surface area contributed by atoms with Crippen LogP contribution in [0.2, 0.25) is 10.0 Å². The van der Waals surface area contributed by atoms with Crippen molar-refractivity contribution in [2.75, 3.05) is 11.1 Å². The van der Waals surface area contributed by atoms with Crippen LogP contribution in [0.25, 0.3) is 0 Å². The summed E-state index contributed by atoms with van der Waals surface area (Å²) in [5.74, 6) is 0.0615. The van der Waals surface area contributed by atoms with Crippen molar-refractivity contribution in [3.63, 3.8) is 0 Å². The highest BCUT2D eigenvalue weighted by Crippen LogP contribution is 2.27. The lowest BCUT2D eigenvalue weighted by molar-refractivity contribution is 0.605. The van der Waals surface area contributed by atoms with Crippen molar-refractivity contribution in [1.29, 1.82) is 0 Å². The molecule has 1 aromatic carbocycles. The Kier molecular flexibility index (Phi) is 3.15. The summed E-state index contributed by atoms with van der Waals surface area (Å²) in [5.41, 5.74) is 0.679.